The van der Waals surface area contributed by atoms with E-state index >= 15 is 0 Å². The molecule has 1 aliphatic heterocycles. The maximum Gasteiger partial charge on any atom is 0.251 e. The zero-order chi connectivity index (χ0) is 18.6. The van der Waals surface area contributed by atoms with Gasteiger partial charge in [0.15, 0.2) is 0 Å². The number of hydrogen-bond acceptors (Lipinski definition) is 6. The topological polar surface area (TPSA) is 91.8 Å². The molecule has 3 N–H and O–H groups in total. The number of benzene rings is 1. The highest BCUT2D eigenvalue weighted by Crippen LogP contribution is 2.22. The highest BCUT2D eigenvalue weighted by molar-refractivity contribution is 5.96. The Morgan fingerprint density at radius 2 is 1.81 bits per heavy atom. The van der Waals surface area contributed by atoms with E-state index in [4.69, 9.17) is 0 Å². The van der Waals surface area contributed by atoms with Gasteiger partial charge < -0.3 is 16.0 Å². The van der Waals surface area contributed by atoms with E-state index in [0.717, 1.165) is 34.7 Å². The Morgan fingerprint density at radius 3 is 2.74 bits per heavy atom. The van der Waals surface area contributed by atoms with Crippen molar-refractivity contribution in [3.63, 3.8) is 0 Å². The van der Waals surface area contributed by atoms with Crippen LogP contribution in [0.2, 0.25) is 0 Å². The number of fused-ring (bicyclic) bond motifs is 7. The summed E-state index contributed by atoms with van der Waals surface area (Å²) >= 11 is 0. The van der Waals surface area contributed by atoms with Crippen LogP contribution in [0.5, 0.6) is 0 Å². The molecule has 0 saturated carbocycles. The molecule has 3 aromatic rings. The Morgan fingerprint density at radius 1 is 0.963 bits per heavy atom. The van der Waals surface area contributed by atoms with Crippen LogP contribution >= 0.6 is 0 Å². The van der Waals surface area contributed by atoms with Crippen LogP contribution in [0.25, 0.3) is 11.3 Å². The van der Waals surface area contributed by atoms with E-state index in [2.05, 4.69) is 30.9 Å². The first kappa shape index (κ1) is 17.0. The number of aromatic nitrogens is 3. The van der Waals surface area contributed by atoms with E-state index in [-0.39, 0.29) is 5.91 Å². The van der Waals surface area contributed by atoms with E-state index in [9.17, 15) is 4.79 Å². The quantitative estimate of drug-likeness (QED) is 0.570. The zero-order valence-electron chi connectivity index (χ0n) is 15.0. The number of nitrogens with zero attached hydrogens (tertiary/aromatic N) is 3. The Balaban J connectivity index is 1.74. The molecule has 3 heterocycles. The molecule has 1 aliphatic rings. The fraction of sp³-hybridized carbons (Fsp3) is 0.200. The van der Waals surface area contributed by atoms with Gasteiger partial charge in [0.2, 0.25) is 5.95 Å². The second-order valence-corrected chi connectivity index (χ2v) is 6.39. The molecule has 4 rings (SSSR count). The SMILES string of the molecule is Cc1ccc2cc1C(=O)NCCCNc1cc(ccn1)-c1ccnc(n1)N2. The number of anilines is 3. The predicted octanol–water partition coefficient (Wildman–Crippen LogP) is 3.14. The molecule has 0 saturated heterocycles. The summed E-state index contributed by atoms with van der Waals surface area (Å²) in [7, 11) is 0. The van der Waals surface area contributed by atoms with Crippen LogP contribution in [0, 0.1) is 6.92 Å². The second-order valence-electron chi connectivity index (χ2n) is 6.39. The average molecular weight is 360 g/mol. The van der Waals surface area contributed by atoms with Crippen molar-refractivity contribution >= 4 is 23.4 Å². The van der Waals surface area contributed by atoms with Crippen LogP contribution in [0.15, 0.2) is 48.8 Å². The van der Waals surface area contributed by atoms with E-state index in [1.54, 1.807) is 12.4 Å². The van der Waals surface area contributed by atoms with Crippen molar-refractivity contribution in [2.75, 3.05) is 23.7 Å². The first-order valence-electron chi connectivity index (χ1n) is 8.88. The monoisotopic (exact) mass is 360 g/mol. The third-order valence-corrected chi connectivity index (χ3v) is 4.39. The smallest absolute Gasteiger partial charge is 0.251 e. The minimum atomic E-state index is -0.0852. The Labute approximate surface area is 157 Å². The number of amides is 1. The van der Waals surface area contributed by atoms with Crippen molar-refractivity contribution in [1.29, 1.82) is 0 Å². The van der Waals surface area contributed by atoms with E-state index < -0.39 is 0 Å². The fourth-order valence-corrected chi connectivity index (χ4v) is 2.94. The van der Waals surface area contributed by atoms with Crippen LogP contribution < -0.4 is 16.0 Å². The predicted molar refractivity (Wildman–Crippen MR) is 105 cm³/mol. The third-order valence-electron chi connectivity index (χ3n) is 4.39. The summed E-state index contributed by atoms with van der Waals surface area (Å²) in [5.74, 6) is 1.17. The molecule has 0 spiro atoms. The second kappa shape index (κ2) is 7.41. The van der Waals surface area contributed by atoms with Crippen LogP contribution in [0.3, 0.4) is 0 Å². The molecule has 6 bridgehead atoms. The van der Waals surface area contributed by atoms with Gasteiger partial charge in [-0.05, 0) is 49.2 Å². The lowest BCUT2D eigenvalue weighted by Crippen LogP contribution is -2.26. The lowest BCUT2D eigenvalue weighted by Gasteiger charge is -2.13. The van der Waals surface area contributed by atoms with E-state index in [1.165, 1.54) is 0 Å². The van der Waals surface area contributed by atoms with Gasteiger partial charge in [0.25, 0.3) is 5.91 Å². The van der Waals surface area contributed by atoms with Gasteiger partial charge in [-0.15, -0.1) is 0 Å². The molecule has 2 aromatic heterocycles. The first-order valence-corrected chi connectivity index (χ1v) is 8.88. The van der Waals surface area contributed by atoms with Crippen LogP contribution in [0.1, 0.15) is 22.3 Å². The van der Waals surface area contributed by atoms with Crippen molar-refractivity contribution in [3.8, 4) is 11.3 Å². The fourth-order valence-electron chi connectivity index (χ4n) is 2.94. The largest absolute Gasteiger partial charge is 0.370 e. The summed E-state index contributed by atoms with van der Waals surface area (Å²) in [4.78, 5) is 25.7. The summed E-state index contributed by atoms with van der Waals surface area (Å²) in [5.41, 5.74) is 4.10. The first-order chi connectivity index (χ1) is 13.2. The molecule has 0 unspecified atom stereocenters. The Bertz CT molecular complexity index is 988. The normalized spacial score (nSPS) is 13.9. The van der Waals surface area contributed by atoms with Gasteiger partial charge in [-0.3, -0.25) is 4.79 Å². The summed E-state index contributed by atoms with van der Waals surface area (Å²) < 4.78 is 0. The Hall–Kier alpha value is -3.48. The summed E-state index contributed by atoms with van der Waals surface area (Å²) in [6.07, 6.45) is 4.26. The maximum absolute atomic E-state index is 12.5. The van der Waals surface area contributed by atoms with Crippen LogP contribution in [0.4, 0.5) is 17.5 Å². The average Bonchev–Trinajstić information content (AvgIpc) is 2.69. The Kier molecular flexibility index (Phi) is 4.65. The van der Waals surface area contributed by atoms with Crippen LogP contribution in [-0.4, -0.2) is 33.9 Å². The molecule has 0 fully saturated rings. The van der Waals surface area contributed by atoms with Gasteiger partial charge >= 0.3 is 0 Å². The third kappa shape index (κ3) is 3.87. The molecular formula is C20H20N6O. The van der Waals surface area contributed by atoms with Gasteiger partial charge in [0.05, 0.1) is 5.69 Å². The standard InChI is InChI=1S/C20H20N6O/c1-13-3-4-15-12-16(13)19(27)23-8-2-7-21-18-11-14(5-9-22-18)17-6-10-24-20(25-15)26-17/h3-6,9-12H,2,7-8H2,1H3,(H,21,22)(H,23,27)(H,24,25,26). The van der Waals surface area contributed by atoms with Crippen molar-refractivity contribution in [2.24, 2.45) is 0 Å². The van der Waals surface area contributed by atoms with Gasteiger partial charge in [-0.1, -0.05) is 6.07 Å². The van der Waals surface area contributed by atoms with E-state index in [1.807, 2.05) is 43.3 Å². The molecule has 7 nitrogen and oxygen atoms in total. The number of carbonyl (C=O) groups excluding carboxylic acids is 1. The molecule has 0 aliphatic carbocycles. The lowest BCUT2D eigenvalue weighted by atomic mass is 10.1. The molecule has 136 valence electrons. The lowest BCUT2D eigenvalue weighted by molar-refractivity contribution is 0.0953. The van der Waals surface area contributed by atoms with E-state index in [0.29, 0.717) is 24.6 Å². The van der Waals surface area contributed by atoms with Gasteiger partial charge in [-0.25, -0.2) is 15.0 Å². The van der Waals surface area contributed by atoms with Gasteiger partial charge in [0.1, 0.15) is 5.82 Å². The number of carbonyl (C=O) groups is 1. The molecule has 1 aromatic carbocycles. The molecule has 27 heavy (non-hydrogen) atoms. The maximum atomic E-state index is 12.5. The number of nitrogens with one attached hydrogen (secondary N) is 3. The molecule has 0 radical (unpaired) electrons. The van der Waals surface area contributed by atoms with Gasteiger partial charge in [0, 0.05) is 42.3 Å². The van der Waals surface area contributed by atoms with Crippen LogP contribution in [-0.2, 0) is 0 Å². The summed E-state index contributed by atoms with van der Waals surface area (Å²) in [6, 6.07) is 11.4. The number of hydrogen-bond donors (Lipinski definition) is 3. The van der Waals surface area contributed by atoms with Crippen molar-refractivity contribution in [2.45, 2.75) is 13.3 Å². The molecule has 1 amide bonds. The van der Waals surface area contributed by atoms with Crippen molar-refractivity contribution < 1.29 is 4.79 Å². The highest BCUT2D eigenvalue weighted by atomic mass is 16.1. The van der Waals surface area contributed by atoms with Gasteiger partial charge in [-0.2, -0.15) is 0 Å². The number of pyridine rings is 1. The summed E-state index contributed by atoms with van der Waals surface area (Å²) in [6.45, 7) is 3.23. The number of aryl methyl sites for hydroxylation is 1. The van der Waals surface area contributed by atoms with Crippen molar-refractivity contribution in [1.82, 2.24) is 20.3 Å². The minimum absolute atomic E-state index is 0.0852. The zero-order valence-corrected chi connectivity index (χ0v) is 15.0. The van der Waals surface area contributed by atoms with Crippen molar-refractivity contribution in [3.05, 3.63) is 59.9 Å². The molecular weight excluding hydrogens is 340 g/mol. The highest BCUT2D eigenvalue weighted by Gasteiger charge is 2.11. The molecule has 0 atom stereocenters. The summed E-state index contributed by atoms with van der Waals surface area (Å²) in [5, 5.41) is 9.44. The molecule has 7 heteroatoms. The number of rotatable bonds is 0. The minimum Gasteiger partial charge on any atom is -0.370 e.